The summed E-state index contributed by atoms with van der Waals surface area (Å²) in [6.45, 7) is 3.37. The summed E-state index contributed by atoms with van der Waals surface area (Å²) in [5, 5.41) is 0. The second-order valence-electron chi connectivity index (χ2n) is 7.46. The molecule has 2 aromatic rings. The Morgan fingerprint density at radius 1 is 1.13 bits per heavy atom. The van der Waals surface area contributed by atoms with Crippen LogP contribution in [0.2, 0.25) is 0 Å². The summed E-state index contributed by atoms with van der Waals surface area (Å²) >= 11 is 0. The van der Waals surface area contributed by atoms with Crippen LogP contribution in [0, 0.1) is 0 Å². The molecule has 0 spiro atoms. The van der Waals surface area contributed by atoms with E-state index in [1.807, 2.05) is 37.3 Å². The van der Waals surface area contributed by atoms with E-state index in [2.05, 4.69) is 9.64 Å². The highest BCUT2D eigenvalue weighted by Gasteiger charge is 2.22. The fourth-order valence-electron chi connectivity index (χ4n) is 3.57. The molecule has 31 heavy (non-hydrogen) atoms. The van der Waals surface area contributed by atoms with Crippen molar-refractivity contribution in [3.63, 3.8) is 0 Å². The van der Waals surface area contributed by atoms with E-state index < -0.39 is 6.61 Å². The fraction of sp³-hybridized carbons (Fsp3) is 0.375. The molecular formula is C24H28F2N2O3. The largest absolute Gasteiger partial charge is 0.434 e. The molecule has 2 aromatic carbocycles. The molecule has 0 saturated carbocycles. The topological polar surface area (TPSA) is 42.0 Å². The van der Waals surface area contributed by atoms with E-state index in [9.17, 15) is 13.6 Å². The van der Waals surface area contributed by atoms with Gasteiger partial charge in [0.05, 0.1) is 13.2 Å². The third-order valence-electron chi connectivity index (χ3n) is 5.18. The van der Waals surface area contributed by atoms with E-state index in [0.717, 1.165) is 25.2 Å². The molecule has 0 aromatic heterocycles. The monoisotopic (exact) mass is 430 g/mol. The lowest BCUT2D eigenvalue weighted by atomic mass is 10.1. The Morgan fingerprint density at radius 2 is 1.81 bits per heavy atom. The van der Waals surface area contributed by atoms with Gasteiger partial charge < -0.3 is 14.4 Å². The standard InChI is InChI=1S/C24H28F2N2O3/c1-19(17-27-13-15-30-16-14-27)28(18-20-7-3-2-4-8-20)23(29)12-11-21-9-5-6-10-22(21)31-24(25)26/h2-12,19,24H,13-18H2,1H3/b12-11+. The molecule has 1 heterocycles. The Labute approximate surface area is 181 Å². The van der Waals surface area contributed by atoms with Crippen molar-refractivity contribution in [1.82, 2.24) is 9.80 Å². The normalized spacial score (nSPS) is 15.9. The molecule has 0 radical (unpaired) electrons. The Balaban J connectivity index is 1.76. The van der Waals surface area contributed by atoms with Crippen molar-refractivity contribution in [3.05, 3.63) is 71.8 Å². The van der Waals surface area contributed by atoms with Crippen molar-refractivity contribution < 1.29 is 23.0 Å². The number of rotatable bonds is 9. The molecule has 0 aliphatic carbocycles. The number of para-hydroxylation sites is 1. The highest BCUT2D eigenvalue weighted by molar-refractivity contribution is 5.92. The zero-order valence-corrected chi connectivity index (χ0v) is 17.6. The van der Waals surface area contributed by atoms with Crippen molar-refractivity contribution in [2.24, 2.45) is 0 Å². The van der Waals surface area contributed by atoms with Crippen LogP contribution in [0.15, 0.2) is 60.7 Å². The van der Waals surface area contributed by atoms with E-state index in [1.165, 1.54) is 18.2 Å². The van der Waals surface area contributed by atoms with Gasteiger partial charge >= 0.3 is 6.61 Å². The van der Waals surface area contributed by atoms with Crippen LogP contribution in [-0.4, -0.2) is 61.2 Å². The second-order valence-corrected chi connectivity index (χ2v) is 7.46. The summed E-state index contributed by atoms with van der Waals surface area (Å²) in [5.74, 6) is -0.144. The van der Waals surface area contributed by atoms with Crippen LogP contribution in [0.3, 0.4) is 0 Å². The number of halogens is 2. The van der Waals surface area contributed by atoms with Gasteiger partial charge in [0.25, 0.3) is 0 Å². The number of ether oxygens (including phenoxy) is 2. The predicted molar refractivity (Wildman–Crippen MR) is 116 cm³/mol. The molecule has 5 nitrogen and oxygen atoms in total. The first-order valence-corrected chi connectivity index (χ1v) is 10.4. The quantitative estimate of drug-likeness (QED) is 0.563. The summed E-state index contributed by atoms with van der Waals surface area (Å²) in [5.41, 5.74) is 1.45. The van der Waals surface area contributed by atoms with Gasteiger partial charge in [0.2, 0.25) is 5.91 Å². The third kappa shape index (κ3) is 7.15. The number of amides is 1. The van der Waals surface area contributed by atoms with E-state index >= 15 is 0 Å². The van der Waals surface area contributed by atoms with Gasteiger partial charge in [0.1, 0.15) is 5.75 Å². The second kappa shape index (κ2) is 11.6. The van der Waals surface area contributed by atoms with E-state index in [4.69, 9.17) is 4.74 Å². The fourth-order valence-corrected chi connectivity index (χ4v) is 3.57. The molecule has 1 unspecified atom stereocenters. The van der Waals surface area contributed by atoms with Crippen LogP contribution in [0.5, 0.6) is 5.75 Å². The van der Waals surface area contributed by atoms with Gasteiger partial charge in [0, 0.05) is 43.9 Å². The van der Waals surface area contributed by atoms with Gasteiger partial charge in [-0.05, 0) is 24.6 Å². The summed E-state index contributed by atoms with van der Waals surface area (Å²) in [4.78, 5) is 17.2. The minimum atomic E-state index is -2.92. The molecule has 1 amide bonds. The number of morpholine rings is 1. The minimum absolute atomic E-state index is 0.0389. The SMILES string of the molecule is CC(CN1CCOCC1)N(Cc1ccccc1)C(=O)/C=C/c1ccccc1OC(F)F. The highest BCUT2D eigenvalue weighted by atomic mass is 19.3. The molecule has 1 aliphatic rings. The van der Waals surface area contributed by atoms with Crippen LogP contribution in [0.1, 0.15) is 18.1 Å². The number of alkyl halides is 2. The molecule has 1 atom stereocenters. The summed E-state index contributed by atoms with van der Waals surface area (Å²) in [7, 11) is 0. The first kappa shape index (κ1) is 22.9. The lowest BCUT2D eigenvalue weighted by Crippen LogP contribution is -2.47. The summed E-state index contributed by atoms with van der Waals surface area (Å²) < 4.78 is 35.3. The number of nitrogens with zero attached hydrogens (tertiary/aromatic N) is 2. The average Bonchev–Trinajstić information content (AvgIpc) is 2.77. The number of benzene rings is 2. The van der Waals surface area contributed by atoms with Crippen LogP contribution in [0.25, 0.3) is 6.08 Å². The molecule has 0 bridgehead atoms. The predicted octanol–water partition coefficient (Wildman–Crippen LogP) is 4.05. The smallest absolute Gasteiger partial charge is 0.387 e. The van der Waals surface area contributed by atoms with Crippen molar-refractivity contribution in [3.8, 4) is 5.75 Å². The van der Waals surface area contributed by atoms with Gasteiger partial charge in [-0.1, -0.05) is 48.5 Å². The molecule has 1 fully saturated rings. The van der Waals surface area contributed by atoms with Crippen molar-refractivity contribution in [1.29, 1.82) is 0 Å². The summed E-state index contributed by atoms with van der Waals surface area (Å²) in [6, 6.07) is 16.2. The van der Waals surface area contributed by atoms with Gasteiger partial charge in [-0.3, -0.25) is 9.69 Å². The minimum Gasteiger partial charge on any atom is -0.434 e. The number of hydrogen-bond donors (Lipinski definition) is 0. The molecular weight excluding hydrogens is 402 g/mol. The van der Waals surface area contributed by atoms with E-state index in [-0.39, 0.29) is 17.7 Å². The zero-order valence-electron chi connectivity index (χ0n) is 17.6. The number of carbonyl (C=O) groups is 1. The Morgan fingerprint density at radius 3 is 2.52 bits per heavy atom. The van der Waals surface area contributed by atoms with Crippen molar-refractivity contribution in [2.45, 2.75) is 26.1 Å². The van der Waals surface area contributed by atoms with E-state index in [0.29, 0.717) is 25.3 Å². The first-order chi connectivity index (χ1) is 15.0. The number of carbonyl (C=O) groups excluding carboxylic acids is 1. The Kier molecular flexibility index (Phi) is 8.55. The average molecular weight is 430 g/mol. The lowest BCUT2D eigenvalue weighted by Gasteiger charge is -2.34. The molecule has 166 valence electrons. The van der Waals surface area contributed by atoms with Crippen LogP contribution >= 0.6 is 0 Å². The van der Waals surface area contributed by atoms with Gasteiger partial charge in [-0.2, -0.15) is 8.78 Å². The van der Waals surface area contributed by atoms with Crippen LogP contribution in [0.4, 0.5) is 8.78 Å². The van der Waals surface area contributed by atoms with Crippen molar-refractivity contribution in [2.75, 3.05) is 32.8 Å². The summed E-state index contributed by atoms with van der Waals surface area (Å²) in [6.07, 6.45) is 2.95. The van der Waals surface area contributed by atoms with Gasteiger partial charge in [-0.15, -0.1) is 0 Å². The lowest BCUT2D eigenvalue weighted by molar-refractivity contribution is -0.129. The zero-order chi connectivity index (χ0) is 22.1. The molecule has 1 saturated heterocycles. The van der Waals surface area contributed by atoms with Crippen LogP contribution in [-0.2, 0) is 16.1 Å². The van der Waals surface area contributed by atoms with Gasteiger partial charge in [-0.25, -0.2) is 0 Å². The maximum absolute atomic E-state index is 13.1. The molecule has 0 N–H and O–H groups in total. The third-order valence-corrected chi connectivity index (χ3v) is 5.18. The molecule has 1 aliphatic heterocycles. The first-order valence-electron chi connectivity index (χ1n) is 10.4. The Hall–Kier alpha value is -2.77. The maximum Gasteiger partial charge on any atom is 0.387 e. The maximum atomic E-state index is 13.1. The highest BCUT2D eigenvalue weighted by Crippen LogP contribution is 2.22. The Bertz CT molecular complexity index is 855. The number of hydrogen-bond acceptors (Lipinski definition) is 4. The van der Waals surface area contributed by atoms with E-state index in [1.54, 1.807) is 23.1 Å². The molecule has 3 rings (SSSR count). The van der Waals surface area contributed by atoms with Crippen molar-refractivity contribution >= 4 is 12.0 Å². The van der Waals surface area contributed by atoms with Gasteiger partial charge in [0.15, 0.2) is 0 Å². The van der Waals surface area contributed by atoms with Crippen LogP contribution < -0.4 is 4.74 Å². The molecule has 7 heteroatoms.